The summed E-state index contributed by atoms with van der Waals surface area (Å²) >= 11 is 0. The highest BCUT2D eigenvalue weighted by Gasteiger charge is 1.92. The van der Waals surface area contributed by atoms with Crippen LogP contribution in [0.1, 0.15) is 0 Å². The van der Waals surface area contributed by atoms with Gasteiger partial charge in [-0.25, -0.2) is 4.79 Å². The molecule has 48 valence electrons. The zero-order valence-corrected chi connectivity index (χ0v) is 4.71. The summed E-state index contributed by atoms with van der Waals surface area (Å²) in [5.74, 6) is 0. The highest BCUT2D eigenvalue weighted by Crippen LogP contribution is 1.69. The van der Waals surface area contributed by atoms with Crippen LogP contribution < -0.4 is 5.48 Å². The van der Waals surface area contributed by atoms with E-state index >= 15 is 0 Å². The lowest BCUT2D eigenvalue weighted by Crippen LogP contribution is -2.28. The van der Waals surface area contributed by atoms with Gasteiger partial charge in [-0.05, 0) is 0 Å². The Morgan fingerprint density at radius 1 is 1.75 bits per heavy atom. The molecule has 0 aromatic rings. The molecular weight excluding hydrogens is 112 g/mol. The van der Waals surface area contributed by atoms with Gasteiger partial charge < -0.3 is 5.11 Å². The maximum Gasteiger partial charge on any atom is 0.430 e. The number of hydroxylamine groups is 3. The number of carboxylic acid groups (broad SMARTS) is 1. The number of nitrogens with one attached hydrogen (secondary N) is 1. The molecule has 0 aliphatic heterocycles. The van der Waals surface area contributed by atoms with Gasteiger partial charge in [0.05, 0.1) is 0 Å². The van der Waals surface area contributed by atoms with Gasteiger partial charge in [0.25, 0.3) is 0 Å². The molecule has 0 spiro atoms. The van der Waals surface area contributed by atoms with Crippen molar-refractivity contribution in [2.75, 3.05) is 14.1 Å². The molecule has 0 radical (unpaired) electrons. The molecule has 5 heteroatoms. The second-order valence-corrected chi connectivity index (χ2v) is 1.31. The Labute approximate surface area is 46.8 Å². The van der Waals surface area contributed by atoms with Gasteiger partial charge in [-0.2, -0.15) is 15.5 Å². The van der Waals surface area contributed by atoms with E-state index in [2.05, 4.69) is 4.94 Å². The Morgan fingerprint density at radius 2 is 2.25 bits per heavy atom. The Bertz CT molecular complexity index is 82.6. The van der Waals surface area contributed by atoms with Crippen LogP contribution in [0.2, 0.25) is 0 Å². The van der Waals surface area contributed by atoms with Crippen molar-refractivity contribution in [2.24, 2.45) is 0 Å². The van der Waals surface area contributed by atoms with Gasteiger partial charge in [-0.1, -0.05) is 0 Å². The van der Waals surface area contributed by atoms with Crippen LogP contribution in [0.5, 0.6) is 0 Å². The zero-order valence-electron chi connectivity index (χ0n) is 4.71. The molecule has 0 saturated heterocycles. The molecule has 5 nitrogen and oxygen atoms in total. The third kappa shape index (κ3) is 5.19. The lowest BCUT2D eigenvalue weighted by Gasteiger charge is -2.06. The summed E-state index contributed by atoms with van der Waals surface area (Å²) in [7, 11) is 3.13. The van der Waals surface area contributed by atoms with Crippen molar-refractivity contribution in [3.05, 3.63) is 0 Å². The van der Waals surface area contributed by atoms with E-state index in [0.29, 0.717) is 0 Å². The van der Waals surface area contributed by atoms with E-state index in [-0.39, 0.29) is 0 Å². The fourth-order valence-corrected chi connectivity index (χ4v) is 0.130. The molecule has 0 rings (SSSR count). The number of hydrogen-bond donors (Lipinski definition) is 2. The van der Waals surface area contributed by atoms with E-state index in [1.165, 1.54) is 5.06 Å². The smallest absolute Gasteiger partial charge is 0.430 e. The lowest BCUT2D eigenvalue weighted by atomic mass is 11.2. The van der Waals surface area contributed by atoms with Gasteiger partial charge >= 0.3 is 6.09 Å². The highest BCUT2D eigenvalue weighted by atomic mass is 16.8. The van der Waals surface area contributed by atoms with Crippen molar-refractivity contribution in [2.45, 2.75) is 0 Å². The Morgan fingerprint density at radius 3 is 2.38 bits per heavy atom. The summed E-state index contributed by atoms with van der Waals surface area (Å²) in [6, 6.07) is 0. The minimum Gasteiger partial charge on any atom is -0.464 e. The third-order valence-electron chi connectivity index (χ3n) is 0.316. The van der Waals surface area contributed by atoms with Crippen LogP contribution in [0, 0.1) is 0 Å². The first-order chi connectivity index (χ1) is 3.63. The molecule has 1 amide bonds. The molecular formula is C3H8N2O3. The topological polar surface area (TPSA) is 61.8 Å². The molecule has 0 fully saturated rings. The van der Waals surface area contributed by atoms with E-state index in [1.807, 2.05) is 0 Å². The summed E-state index contributed by atoms with van der Waals surface area (Å²) in [6.07, 6.45) is -1.21. The van der Waals surface area contributed by atoms with Crippen LogP contribution in [0.3, 0.4) is 0 Å². The largest absolute Gasteiger partial charge is 0.464 e. The summed E-state index contributed by atoms with van der Waals surface area (Å²) < 4.78 is 0. The SMILES string of the molecule is CN(C)ONC(=O)O. The third-order valence-corrected chi connectivity index (χ3v) is 0.316. The van der Waals surface area contributed by atoms with Crippen molar-refractivity contribution in [1.29, 1.82) is 0 Å². The predicted octanol–water partition coefficient (Wildman–Crippen LogP) is -0.338. The van der Waals surface area contributed by atoms with Crippen LogP contribution >= 0.6 is 0 Å². The Balaban J connectivity index is 3.05. The van der Waals surface area contributed by atoms with E-state index in [4.69, 9.17) is 5.11 Å². The van der Waals surface area contributed by atoms with Crippen molar-refractivity contribution in [3.63, 3.8) is 0 Å². The van der Waals surface area contributed by atoms with Gasteiger partial charge in [0, 0.05) is 14.1 Å². The van der Waals surface area contributed by atoms with Gasteiger partial charge in [-0.3, -0.25) is 0 Å². The van der Waals surface area contributed by atoms with Crippen molar-refractivity contribution in [3.8, 4) is 0 Å². The molecule has 0 saturated carbocycles. The maximum absolute atomic E-state index is 9.64. The second-order valence-electron chi connectivity index (χ2n) is 1.31. The van der Waals surface area contributed by atoms with E-state index in [0.717, 1.165) is 0 Å². The quantitative estimate of drug-likeness (QED) is 0.489. The first kappa shape index (κ1) is 7.19. The number of amides is 1. The van der Waals surface area contributed by atoms with Crippen LogP contribution in [0.25, 0.3) is 0 Å². The first-order valence-corrected chi connectivity index (χ1v) is 1.96. The Kier molecular flexibility index (Phi) is 2.90. The molecule has 0 unspecified atom stereocenters. The highest BCUT2D eigenvalue weighted by molar-refractivity contribution is 5.62. The van der Waals surface area contributed by atoms with Crippen molar-refractivity contribution < 1.29 is 14.8 Å². The summed E-state index contributed by atoms with van der Waals surface area (Å²) in [5, 5.41) is 9.13. The molecule has 0 aromatic heterocycles. The number of hydrogen-bond acceptors (Lipinski definition) is 3. The molecule has 0 aliphatic rings. The van der Waals surface area contributed by atoms with Gasteiger partial charge in [0.2, 0.25) is 0 Å². The minimum absolute atomic E-state index is 1.21. The average Bonchev–Trinajstić information content (AvgIpc) is 1.61. The van der Waals surface area contributed by atoms with Crippen molar-refractivity contribution >= 4 is 6.09 Å². The summed E-state index contributed by atoms with van der Waals surface area (Å²) in [5.41, 5.74) is 1.69. The molecule has 0 bridgehead atoms. The van der Waals surface area contributed by atoms with E-state index in [1.54, 1.807) is 19.6 Å². The second kappa shape index (κ2) is 3.23. The molecule has 0 atom stereocenters. The van der Waals surface area contributed by atoms with E-state index < -0.39 is 6.09 Å². The maximum atomic E-state index is 9.64. The Hall–Kier alpha value is -0.810. The van der Waals surface area contributed by atoms with Crippen LogP contribution in [0.15, 0.2) is 0 Å². The average molecular weight is 120 g/mol. The summed E-state index contributed by atoms with van der Waals surface area (Å²) in [4.78, 5) is 13.9. The first-order valence-electron chi connectivity index (χ1n) is 1.96. The number of carbonyl (C=O) groups is 1. The monoisotopic (exact) mass is 120 g/mol. The summed E-state index contributed by atoms with van der Waals surface area (Å²) in [6.45, 7) is 0. The molecule has 2 N–H and O–H groups in total. The number of nitrogens with zero attached hydrogens (tertiary/aromatic N) is 1. The minimum atomic E-state index is -1.21. The molecule has 0 aliphatic carbocycles. The van der Waals surface area contributed by atoms with Crippen LogP contribution in [-0.2, 0) is 4.94 Å². The predicted molar refractivity (Wildman–Crippen MR) is 25.9 cm³/mol. The van der Waals surface area contributed by atoms with Gasteiger partial charge in [0.15, 0.2) is 0 Å². The standard InChI is InChI=1S/C3H8N2O3/c1-5(2)8-4-3(6)7/h4H,1-2H3,(H,6,7). The van der Waals surface area contributed by atoms with Gasteiger partial charge in [0.1, 0.15) is 0 Å². The molecule has 0 aromatic carbocycles. The lowest BCUT2D eigenvalue weighted by molar-refractivity contribution is -0.165. The number of rotatable bonds is 2. The fraction of sp³-hybridized carbons (Fsp3) is 0.667. The zero-order chi connectivity index (χ0) is 6.57. The normalized spacial score (nSPS) is 9.38. The van der Waals surface area contributed by atoms with Crippen LogP contribution in [0.4, 0.5) is 4.79 Å². The molecule has 8 heavy (non-hydrogen) atoms. The van der Waals surface area contributed by atoms with Crippen LogP contribution in [-0.4, -0.2) is 30.4 Å². The molecule has 0 heterocycles. The van der Waals surface area contributed by atoms with Crippen molar-refractivity contribution in [1.82, 2.24) is 10.5 Å². The van der Waals surface area contributed by atoms with Gasteiger partial charge in [-0.15, -0.1) is 0 Å². The van der Waals surface area contributed by atoms with E-state index in [9.17, 15) is 4.79 Å². The fourth-order valence-electron chi connectivity index (χ4n) is 0.130.